The normalized spacial score (nSPS) is 17.1. The Bertz CT molecular complexity index is 658. The maximum atomic E-state index is 13.6. The highest BCUT2D eigenvalue weighted by Gasteiger charge is 2.28. The van der Waals surface area contributed by atoms with E-state index in [-0.39, 0.29) is 17.3 Å². The number of fused-ring (bicyclic) bond motifs is 1. The first kappa shape index (κ1) is 12.6. The molecule has 0 saturated carbocycles. The molecule has 1 aliphatic heterocycles. The molecule has 0 spiro atoms. The van der Waals surface area contributed by atoms with E-state index in [2.05, 4.69) is 10.6 Å². The highest BCUT2D eigenvalue weighted by atomic mass is 19.1. The second kappa shape index (κ2) is 4.92. The average molecular weight is 274 g/mol. The van der Waals surface area contributed by atoms with Crippen molar-refractivity contribution in [3.8, 4) is 0 Å². The smallest absolute Gasteiger partial charge is 0.247 e. The van der Waals surface area contributed by atoms with Gasteiger partial charge in [-0.05, 0) is 11.6 Å². The van der Waals surface area contributed by atoms with E-state index in [0.717, 1.165) is 11.6 Å². The number of nitrogens with one attached hydrogen (secondary N) is 2. The number of benzene rings is 2. The van der Waals surface area contributed by atoms with E-state index in [4.69, 9.17) is 0 Å². The highest BCUT2D eigenvalue weighted by Crippen LogP contribution is 2.31. The summed E-state index contributed by atoms with van der Waals surface area (Å²) in [4.78, 5) is 12.0. The topological polar surface area (TPSA) is 41.1 Å². The van der Waals surface area contributed by atoms with Crippen molar-refractivity contribution in [2.24, 2.45) is 0 Å². The van der Waals surface area contributed by atoms with Gasteiger partial charge in [-0.25, -0.2) is 8.78 Å². The Morgan fingerprint density at radius 3 is 2.60 bits per heavy atom. The van der Waals surface area contributed by atoms with E-state index < -0.39 is 17.7 Å². The predicted octanol–water partition coefficient (Wildman–Crippen LogP) is 2.94. The van der Waals surface area contributed by atoms with Gasteiger partial charge in [-0.15, -0.1) is 0 Å². The molecule has 0 aliphatic carbocycles. The molecule has 1 aliphatic rings. The summed E-state index contributed by atoms with van der Waals surface area (Å²) < 4.78 is 26.8. The molecule has 3 nitrogen and oxygen atoms in total. The lowest BCUT2D eigenvalue weighted by Gasteiger charge is -2.27. The van der Waals surface area contributed by atoms with Crippen LogP contribution in [0.3, 0.4) is 0 Å². The molecule has 0 aromatic heterocycles. The third kappa shape index (κ3) is 2.34. The van der Waals surface area contributed by atoms with Crippen molar-refractivity contribution in [2.75, 3.05) is 10.6 Å². The van der Waals surface area contributed by atoms with Gasteiger partial charge in [0, 0.05) is 12.5 Å². The highest BCUT2D eigenvalue weighted by molar-refractivity contribution is 6.03. The van der Waals surface area contributed by atoms with Gasteiger partial charge in [0.15, 0.2) is 5.82 Å². The Hall–Kier alpha value is -2.43. The summed E-state index contributed by atoms with van der Waals surface area (Å²) >= 11 is 0. The van der Waals surface area contributed by atoms with Crippen LogP contribution in [0, 0.1) is 11.6 Å². The van der Waals surface area contributed by atoms with Gasteiger partial charge >= 0.3 is 0 Å². The van der Waals surface area contributed by atoms with Gasteiger partial charge in [0.1, 0.15) is 17.5 Å². The van der Waals surface area contributed by atoms with Gasteiger partial charge in [-0.3, -0.25) is 4.79 Å². The summed E-state index contributed by atoms with van der Waals surface area (Å²) in [5.74, 6) is -1.78. The maximum absolute atomic E-state index is 13.6. The molecule has 2 N–H and O–H groups in total. The number of rotatable bonds is 2. The third-order valence-electron chi connectivity index (χ3n) is 3.23. The van der Waals surface area contributed by atoms with E-state index in [1.807, 2.05) is 30.3 Å². The Morgan fingerprint density at radius 2 is 1.85 bits per heavy atom. The first-order chi connectivity index (χ1) is 9.63. The molecule has 0 bridgehead atoms. The van der Waals surface area contributed by atoms with Crippen LogP contribution in [0.25, 0.3) is 0 Å². The Labute approximate surface area is 114 Å². The zero-order valence-corrected chi connectivity index (χ0v) is 10.5. The van der Waals surface area contributed by atoms with Gasteiger partial charge in [0.2, 0.25) is 5.91 Å². The van der Waals surface area contributed by atoms with E-state index in [1.165, 1.54) is 6.07 Å². The Kier molecular flexibility index (Phi) is 3.10. The molecule has 0 saturated heterocycles. The lowest BCUT2D eigenvalue weighted by molar-refractivity contribution is -0.117. The summed E-state index contributed by atoms with van der Waals surface area (Å²) in [7, 11) is 0. The molecule has 102 valence electrons. The van der Waals surface area contributed by atoms with Gasteiger partial charge in [0.05, 0.1) is 5.69 Å². The third-order valence-corrected chi connectivity index (χ3v) is 3.23. The molecule has 0 radical (unpaired) electrons. The first-order valence-electron chi connectivity index (χ1n) is 6.24. The summed E-state index contributed by atoms with van der Waals surface area (Å²) in [6.45, 7) is 0. The Balaban J connectivity index is 1.87. The summed E-state index contributed by atoms with van der Waals surface area (Å²) in [6.07, 6.45) is 0.449. The minimum atomic E-state index is -0.779. The van der Waals surface area contributed by atoms with Crippen LogP contribution in [0.15, 0.2) is 42.5 Å². The maximum Gasteiger partial charge on any atom is 0.247 e. The molecular weight excluding hydrogens is 262 g/mol. The van der Waals surface area contributed by atoms with E-state index in [0.29, 0.717) is 6.42 Å². The van der Waals surface area contributed by atoms with E-state index >= 15 is 0 Å². The van der Waals surface area contributed by atoms with Crippen molar-refractivity contribution in [2.45, 2.75) is 12.5 Å². The van der Waals surface area contributed by atoms with Gasteiger partial charge < -0.3 is 10.6 Å². The van der Waals surface area contributed by atoms with Gasteiger partial charge in [0.25, 0.3) is 0 Å². The van der Waals surface area contributed by atoms with Crippen LogP contribution in [-0.4, -0.2) is 11.9 Å². The standard InChI is InChI=1S/C15H12F2N2O/c16-10-7-11(17)14-12(8-10)18-13(15(20)19-14)6-9-4-2-1-3-5-9/h1-5,7-8,13,18H,6H2,(H,19,20). The van der Waals surface area contributed by atoms with Crippen molar-refractivity contribution in [3.63, 3.8) is 0 Å². The van der Waals surface area contributed by atoms with E-state index in [1.54, 1.807) is 0 Å². The van der Waals surface area contributed by atoms with E-state index in [9.17, 15) is 13.6 Å². The summed E-state index contributed by atoms with van der Waals surface area (Å²) in [6, 6.07) is 10.8. The molecule has 1 heterocycles. The minimum Gasteiger partial charge on any atom is -0.372 e. The van der Waals surface area contributed by atoms with Crippen LogP contribution in [0.2, 0.25) is 0 Å². The summed E-state index contributed by atoms with van der Waals surface area (Å²) in [5, 5.41) is 5.37. The quantitative estimate of drug-likeness (QED) is 0.884. The van der Waals surface area contributed by atoms with Crippen LogP contribution >= 0.6 is 0 Å². The lowest BCUT2D eigenvalue weighted by Crippen LogP contribution is -2.40. The molecule has 1 unspecified atom stereocenters. The molecule has 2 aromatic carbocycles. The number of carbonyl (C=O) groups is 1. The average Bonchev–Trinajstić information content (AvgIpc) is 2.42. The molecule has 0 fully saturated rings. The van der Waals surface area contributed by atoms with Crippen LogP contribution < -0.4 is 10.6 Å². The lowest BCUT2D eigenvalue weighted by atomic mass is 10.0. The molecule has 3 rings (SSSR count). The van der Waals surface area contributed by atoms with Crippen molar-refractivity contribution in [1.82, 2.24) is 0 Å². The number of hydrogen-bond acceptors (Lipinski definition) is 2. The van der Waals surface area contributed by atoms with Crippen LogP contribution in [0.4, 0.5) is 20.2 Å². The zero-order chi connectivity index (χ0) is 14.1. The van der Waals surface area contributed by atoms with Crippen molar-refractivity contribution < 1.29 is 13.6 Å². The second-order valence-electron chi connectivity index (χ2n) is 4.69. The van der Waals surface area contributed by atoms with Crippen LogP contribution in [0.5, 0.6) is 0 Å². The molecular formula is C15H12F2N2O. The molecule has 1 atom stereocenters. The predicted molar refractivity (Wildman–Crippen MR) is 72.5 cm³/mol. The van der Waals surface area contributed by atoms with Crippen molar-refractivity contribution in [3.05, 3.63) is 59.7 Å². The molecule has 2 aromatic rings. The van der Waals surface area contributed by atoms with Gasteiger partial charge in [-0.2, -0.15) is 0 Å². The summed E-state index contributed by atoms with van der Waals surface area (Å²) in [5.41, 5.74) is 1.24. The molecule has 5 heteroatoms. The molecule has 20 heavy (non-hydrogen) atoms. The number of halogens is 2. The fourth-order valence-corrected chi connectivity index (χ4v) is 2.27. The largest absolute Gasteiger partial charge is 0.372 e. The minimum absolute atomic E-state index is 0.000659. The van der Waals surface area contributed by atoms with Crippen molar-refractivity contribution >= 4 is 17.3 Å². The number of amides is 1. The zero-order valence-electron chi connectivity index (χ0n) is 10.5. The fraction of sp³-hybridized carbons (Fsp3) is 0.133. The number of hydrogen-bond donors (Lipinski definition) is 2. The monoisotopic (exact) mass is 274 g/mol. The number of carbonyl (C=O) groups excluding carboxylic acids is 1. The number of anilines is 2. The Morgan fingerprint density at radius 1 is 1.10 bits per heavy atom. The van der Waals surface area contributed by atoms with Crippen LogP contribution in [-0.2, 0) is 11.2 Å². The fourth-order valence-electron chi connectivity index (χ4n) is 2.27. The SMILES string of the molecule is O=C1Nc2c(F)cc(F)cc2NC1Cc1ccccc1. The van der Waals surface area contributed by atoms with Crippen molar-refractivity contribution in [1.29, 1.82) is 0 Å². The molecule has 1 amide bonds. The first-order valence-corrected chi connectivity index (χ1v) is 6.24. The van der Waals surface area contributed by atoms with Gasteiger partial charge in [-0.1, -0.05) is 30.3 Å². The second-order valence-corrected chi connectivity index (χ2v) is 4.69. The van der Waals surface area contributed by atoms with Crippen LogP contribution in [0.1, 0.15) is 5.56 Å².